The summed E-state index contributed by atoms with van der Waals surface area (Å²) in [4.78, 5) is 0. The molecule has 0 atom stereocenters. The Morgan fingerprint density at radius 1 is 1.06 bits per heavy atom. The van der Waals surface area contributed by atoms with E-state index >= 15 is 0 Å². The summed E-state index contributed by atoms with van der Waals surface area (Å²) in [6, 6.07) is 8.75. The maximum Gasteiger partial charge on any atom is 0.673 e. The Morgan fingerprint density at radius 3 is 1.75 bits per heavy atom. The van der Waals surface area contributed by atoms with Crippen LogP contribution in [-0.4, -0.2) is 7.25 Å². The van der Waals surface area contributed by atoms with Crippen LogP contribution < -0.4 is 0 Å². The Morgan fingerprint density at radius 2 is 1.44 bits per heavy atom. The number of hydrogen-bond acceptors (Lipinski definition) is 0. The molecule has 6 heteroatoms. The van der Waals surface area contributed by atoms with Crippen LogP contribution >= 0.6 is 22.6 Å². The lowest BCUT2D eigenvalue weighted by molar-refractivity contribution is 0.368. The van der Waals surface area contributed by atoms with E-state index in [1.54, 1.807) is 0 Å². The molecule has 0 fully saturated rings. The second kappa shape index (κ2) is 7.14. The zero-order valence-corrected chi connectivity index (χ0v) is 11.2. The van der Waals surface area contributed by atoms with Crippen molar-refractivity contribution in [2.75, 3.05) is 0 Å². The second-order valence-electron chi connectivity index (χ2n) is 3.72. The summed E-state index contributed by atoms with van der Waals surface area (Å²) in [5.41, 5.74) is 1.44. The smallest absolute Gasteiger partial charge is 0.418 e. The van der Waals surface area contributed by atoms with Crippen LogP contribution in [0.5, 0.6) is 0 Å². The summed E-state index contributed by atoms with van der Waals surface area (Å²) < 4.78 is 40.3. The van der Waals surface area contributed by atoms with Crippen LogP contribution in [0, 0.1) is 9.49 Å². The molecule has 0 aromatic heterocycles. The first kappa shape index (κ1) is 15.7. The molecule has 0 aliphatic heterocycles. The van der Waals surface area contributed by atoms with Crippen LogP contribution in [0.2, 0.25) is 0 Å². The van der Waals surface area contributed by atoms with Gasteiger partial charge in [0.15, 0.2) is 0 Å². The van der Waals surface area contributed by atoms with Crippen molar-refractivity contribution in [1.82, 2.24) is 0 Å². The topological polar surface area (TPSA) is 0 Å². The summed E-state index contributed by atoms with van der Waals surface area (Å²) in [7, 11) is -6.00. The standard InChI is InChI=1S/C10H13I.BF4/c1-8(2)7-9-3-5-10(11)6-4-9;2-1(3,4)5/h3-6,8H,7H2,1-2H3;/q;-1. The molecule has 0 bridgehead atoms. The van der Waals surface area contributed by atoms with Crippen molar-refractivity contribution in [2.24, 2.45) is 5.92 Å². The van der Waals surface area contributed by atoms with Gasteiger partial charge in [-0.05, 0) is 52.6 Å². The van der Waals surface area contributed by atoms with Gasteiger partial charge in [0.25, 0.3) is 0 Å². The first-order valence-electron chi connectivity index (χ1n) is 4.80. The van der Waals surface area contributed by atoms with Crippen molar-refractivity contribution in [1.29, 1.82) is 0 Å². The number of hydrogen-bond donors (Lipinski definition) is 0. The third kappa shape index (κ3) is 11.8. The van der Waals surface area contributed by atoms with Gasteiger partial charge in [0.1, 0.15) is 0 Å². The minimum absolute atomic E-state index is 0.759. The van der Waals surface area contributed by atoms with Gasteiger partial charge in [0.05, 0.1) is 0 Å². The number of halogens is 5. The monoisotopic (exact) mass is 347 g/mol. The van der Waals surface area contributed by atoms with E-state index in [0.717, 1.165) is 5.92 Å². The summed E-state index contributed by atoms with van der Waals surface area (Å²) >= 11 is 2.33. The van der Waals surface area contributed by atoms with Gasteiger partial charge in [-0.25, -0.2) is 0 Å². The molecule has 1 rings (SSSR count). The van der Waals surface area contributed by atoms with Crippen LogP contribution in [0.4, 0.5) is 17.3 Å². The number of benzene rings is 1. The molecule has 0 heterocycles. The van der Waals surface area contributed by atoms with Crippen molar-refractivity contribution in [2.45, 2.75) is 20.3 Å². The van der Waals surface area contributed by atoms with E-state index in [1.165, 1.54) is 15.6 Å². The average molecular weight is 347 g/mol. The maximum atomic E-state index is 9.75. The van der Waals surface area contributed by atoms with Crippen LogP contribution in [0.25, 0.3) is 0 Å². The third-order valence-corrected chi connectivity index (χ3v) is 2.28. The Balaban J connectivity index is 0.000000385. The van der Waals surface area contributed by atoms with Crippen LogP contribution in [0.15, 0.2) is 24.3 Å². The third-order valence-electron chi connectivity index (χ3n) is 1.56. The first-order chi connectivity index (χ1) is 7.18. The van der Waals surface area contributed by atoms with Crippen molar-refractivity contribution in [3.8, 4) is 0 Å². The van der Waals surface area contributed by atoms with Crippen LogP contribution in [0.1, 0.15) is 19.4 Å². The fourth-order valence-electron chi connectivity index (χ4n) is 1.09. The zero-order valence-electron chi connectivity index (χ0n) is 9.06. The predicted molar refractivity (Wildman–Crippen MR) is 67.9 cm³/mol. The normalized spacial score (nSPS) is 11.0. The fraction of sp³-hybridized carbons (Fsp3) is 0.400. The Bertz CT molecular complexity index is 289. The minimum Gasteiger partial charge on any atom is -0.418 e. The Kier molecular flexibility index (Phi) is 7.02. The average Bonchev–Trinajstić information content (AvgIpc) is 2.05. The summed E-state index contributed by atoms with van der Waals surface area (Å²) in [6.45, 7) is 4.50. The molecule has 0 nitrogen and oxygen atoms in total. The summed E-state index contributed by atoms with van der Waals surface area (Å²) in [6.07, 6.45) is 1.19. The van der Waals surface area contributed by atoms with E-state index in [-0.39, 0.29) is 0 Å². The highest BCUT2D eigenvalue weighted by molar-refractivity contribution is 14.1. The number of rotatable bonds is 2. The molecule has 16 heavy (non-hydrogen) atoms. The SMILES string of the molecule is CC(C)Cc1ccc(I)cc1.F[B-](F)(F)F. The van der Waals surface area contributed by atoms with Gasteiger partial charge in [-0.1, -0.05) is 26.0 Å². The van der Waals surface area contributed by atoms with Gasteiger partial charge in [0.2, 0.25) is 0 Å². The van der Waals surface area contributed by atoms with Gasteiger partial charge in [-0.2, -0.15) is 0 Å². The lowest BCUT2D eigenvalue weighted by atomic mass is 10.0. The van der Waals surface area contributed by atoms with E-state index in [9.17, 15) is 17.3 Å². The summed E-state index contributed by atoms with van der Waals surface area (Å²) in [5.74, 6) is 0.759. The molecule has 1 aromatic carbocycles. The zero-order chi connectivity index (χ0) is 12.8. The van der Waals surface area contributed by atoms with E-state index < -0.39 is 7.25 Å². The quantitative estimate of drug-likeness (QED) is 0.410. The van der Waals surface area contributed by atoms with E-state index in [4.69, 9.17) is 0 Å². The lowest BCUT2D eigenvalue weighted by Crippen LogP contribution is -2.02. The molecular formula is C10H13BF4I-. The summed E-state index contributed by atoms with van der Waals surface area (Å²) in [5, 5.41) is 0. The second-order valence-corrected chi connectivity index (χ2v) is 4.96. The largest absolute Gasteiger partial charge is 0.673 e. The lowest BCUT2D eigenvalue weighted by Gasteiger charge is -2.03. The maximum absolute atomic E-state index is 9.75. The van der Waals surface area contributed by atoms with Gasteiger partial charge in [0, 0.05) is 3.57 Å². The molecule has 92 valence electrons. The van der Waals surface area contributed by atoms with Gasteiger partial charge in [-0.3, -0.25) is 0 Å². The predicted octanol–water partition coefficient (Wildman–Crippen LogP) is 4.79. The molecule has 0 aliphatic rings. The van der Waals surface area contributed by atoms with Crippen molar-refractivity contribution >= 4 is 29.8 Å². The Hall–Kier alpha value is -0.265. The van der Waals surface area contributed by atoms with Gasteiger partial charge in [-0.15, -0.1) is 0 Å². The highest BCUT2D eigenvalue weighted by Crippen LogP contribution is 2.10. The van der Waals surface area contributed by atoms with E-state index in [1.807, 2.05) is 0 Å². The van der Waals surface area contributed by atoms with Crippen LogP contribution in [-0.2, 0) is 6.42 Å². The molecule has 0 amide bonds. The van der Waals surface area contributed by atoms with Gasteiger partial charge < -0.3 is 17.3 Å². The molecule has 0 aliphatic carbocycles. The van der Waals surface area contributed by atoms with E-state index in [2.05, 4.69) is 60.7 Å². The molecule has 0 unspecified atom stereocenters. The molecule has 0 radical (unpaired) electrons. The fourth-order valence-corrected chi connectivity index (χ4v) is 1.45. The molecular weight excluding hydrogens is 334 g/mol. The van der Waals surface area contributed by atoms with Crippen LogP contribution in [0.3, 0.4) is 0 Å². The first-order valence-corrected chi connectivity index (χ1v) is 5.88. The molecule has 0 N–H and O–H groups in total. The molecule has 1 aromatic rings. The highest BCUT2D eigenvalue weighted by atomic mass is 127. The molecule has 0 spiro atoms. The molecule has 0 saturated heterocycles. The van der Waals surface area contributed by atoms with Crippen molar-refractivity contribution in [3.05, 3.63) is 33.4 Å². The van der Waals surface area contributed by atoms with Crippen molar-refractivity contribution < 1.29 is 17.3 Å². The van der Waals surface area contributed by atoms with Crippen molar-refractivity contribution in [3.63, 3.8) is 0 Å². The Labute approximate surface area is 107 Å². The van der Waals surface area contributed by atoms with Gasteiger partial charge >= 0.3 is 7.25 Å². The van der Waals surface area contributed by atoms with E-state index in [0.29, 0.717) is 0 Å². The minimum atomic E-state index is -6.00. The highest BCUT2D eigenvalue weighted by Gasteiger charge is 2.20. The molecule has 0 saturated carbocycles.